The van der Waals surface area contributed by atoms with Gasteiger partial charge in [0.15, 0.2) is 0 Å². The average Bonchev–Trinajstić information content (AvgIpc) is 2.62. The van der Waals surface area contributed by atoms with Gasteiger partial charge in [-0.05, 0) is 18.8 Å². The summed E-state index contributed by atoms with van der Waals surface area (Å²) in [4.78, 5) is 4.69. The van der Waals surface area contributed by atoms with Crippen LogP contribution in [0.15, 0.2) is 5.38 Å². The van der Waals surface area contributed by atoms with Crippen molar-refractivity contribution in [1.29, 1.82) is 0 Å². The first-order valence-electron chi connectivity index (χ1n) is 6.49. The predicted molar refractivity (Wildman–Crippen MR) is 76.6 cm³/mol. The fourth-order valence-electron chi connectivity index (χ4n) is 1.62. The lowest BCUT2D eigenvalue weighted by atomic mass is 9.93. The number of aromatic nitrogens is 1. The molecule has 1 aromatic heterocycles. The van der Waals surface area contributed by atoms with Crippen LogP contribution in [0.1, 0.15) is 58.2 Å². The number of rotatable bonds is 5. The van der Waals surface area contributed by atoms with Gasteiger partial charge in [0.1, 0.15) is 0 Å². The van der Waals surface area contributed by atoms with Gasteiger partial charge >= 0.3 is 0 Å². The number of hydrogen-bond donors (Lipinski definition) is 1. The van der Waals surface area contributed by atoms with Gasteiger partial charge in [-0.15, -0.1) is 11.3 Å². The minimum atomic E-state index is 0.150. The van der Waals surface area contributed by atoms with Crippen LogP contribution in [-0.4, -0.2) is 11.0 Å². The molecule has 0 aliphatic heterocycles. The van der Waals surface area contributed by atoms with Crippen molar-refractivity contribution in [2.24, 2.45) is 11.7 Å². The van der Waals surface area contributed by atoms with Gasteiger partial charge in [-0.2, -0.15) is 0 Å². The van der Waals surface area contributed by atoms with Gasteiger partial charge in [-0.1, -0.05) is 34.6 Å². The van der Waals surface area contributed by atoms with Crippen molar-refractivity contribution >= 4 is 11.3 Å². The Balaban J connectivity index is 2.49. The van der Waals surface area contributed by atoms with Gasteiger partial charge in [-0.25, -0.2) is 4.98 Å². The van der Waals surface area contributed by atoms with E-state index in [9.17, 15) is 0 Å². The molecule has 1 atom stereocenters. The molecule has 1 aromatic rings. The van der Waals surface area contributed by atoms with Crippen molar-refractivity contribution in [3.8, 4) is 0 Å². The van der Waals surface area contributed by atoms with Gasteiger partial charge < -0.3 is 5.73 Å². The smallest absolute Gasteiger partial charge is 0.0943 e. The number of nitrogens with two attached hydrogens (primary N) is 1. The quantitative estimate of drug-likeness (QED) is 0.869. The van der Waals surface area contributed by atoms with E-state index in [-0.39, 0.29) is 11.5 Å². The maximum atomic E-state index is 6.14. The fourth-order valence-corrected chi connectivity index (χ4v) is 2.74. The van der Waals surface area contributed by atoms with Crippen molar-refractivity contribution in [3.63, 3.8) is 0 Å². The molecule has 1 unspecified atom stereocenters. The molecule has 98 valence electrons. The Morgan fingerprint density at radius 3 is 2.41 bits per heavy atom. The third kappa shape index (κ3) is 5.17. The van der Waals surface area contributed by atoms with E-state index in [1.54, 1.807) is 11.3 Å². The third-order valence-corrected chi connectivity index (χ3v) is 3.74. The Bertz CT molecular complexity index is 336. The van der Waals surface area contributed by atoms with E-state index in [4.69, 9.17) is 5.73 Å². The zero-order valence-electron chi connectivity index (χ0n) is 11.8. The summed E-state index contributed by atoms with van der Waals surface area (Å²) in [5, 5.41) is 3.36. The summed E-state index contributed by atoms with van der Waals surface area (Å²) in [5.74, 6) is 0.738. The Morgan fingerprint density at radius 2 is 1.94 bits per heavy atom. The Labute approximate surface area is 110 Å². The average molecular weight is 254 g/mol. The van der Waals surface area contributed by atoms with Crippen LogP contribution in [0.2, 0.25) is 0 Å². The van der Waals surface area contributed by atoms with Crippen LogP contribution in [0.25, 0.3) is 0 Å². The van der Waals surface area contributed by atoms with Crippen molar-refractivity contribution in [2.45, 2.75) is 65.3 Å². The zero-order valence-corrected chi connectivity index (χ0v) is 12.6. The maximum Gasteiger partial charge on any atom is 0.0943 e. The molecule has 0 saturated heterocycles. The summed E-state index contributed by atoms with van der Waals surface area (Å²) in [6.07, 6.45) is 3.23. The second kappa shape index (κ2) is 5.96. The lowest BCUT2D eigenvalue weighted by Gasteiger charge is -2.14. The number of nitrogens with zero attached hydrogens (tertiary/aromatic N) is 1. The summed E-state index contributed by atoms with van der Waals surface area (Å²) < 4.78 is 0. The Hall–Kier alpha value is -0.410. The lowest BCUT2D eigenvalue weighted by Crippen LogP contribution is -2.23. The number of hydrogen-bond acceptors (Lipinski definition) is 3. The molecule has 0 fully saturated rings. The molecule has 0 aliphatic carbocycles. The van der Waals surface area contributed by atoms with E-state index in [0.29, 0.717) is 0 Å². The molecule has 0 aliphatic rings. The molecule has 0 saturated carbocycles. The minimum absolute atomic E-state index is 0.150. The Morgan fingerprint density at radius 1 is 1.29 bits per heavy atom. The van der Waals surface area contributed by atoms with Crippen LogP contribution >= 0.6 is 11.3 Å². The third-order valence-electron chi connectivity index (χ3n) is 2.87. The molecule has 0 radical (unpaired) electrons. The highest BCUT2D eigenvalue weighted by Gasteiger charge is 2.18. The summed E-state index contributed by atoms with van der Waals surface area (Å²) in [6.45, 7) is 11.1. The summed E-state index contributed by atoms with van der Waals surface area (Å²) in [5.41, 5.74) is 7.48. The fraction of sp³-hybridized carbons (Fsp3) is 0.786. The van der Waals surface area contributed by atoms with Crippen LogP contribution < -0.4 is 5.73 Å². The van der Waals surface area contributed by atoms with Crippen molar-refractivity contribution in [3.05, 3.63) is 16.1 Å². The number of thiazole rings is 1. The van der Waals surface area contributed by atoms with E-state index in [0.717, 1.165) is 18.8 Å². The standard InChI is InChI=1S/C14H26N2S/c1-10(2)6-7-11(15)8-13-16-12(9-17-13)14(3,4)5/h9-11H,6-8,15H2,1-5H3. The molecular weight excluding hydrogens is 228 g/mol. The monoisotopic (exact) mass is 254 g/mol. The molecule has 0 aromatic carbocycles. The topological polar surface area (TPSA) is 38.9 Å². The SMILES string of the molecule is CC(C)CCC(N)Cc1nc(C(C)(C)C)cs1. The first-order valence-corrected chi connectivity index (χ1v) is 7.37. The summed E-state index contributed by atoms with van der Waals surface area (Å²) in [6, 6.07) is 0.261. The van der Waals surface area contributed by atoms with E-state index in [1.165, 1.54) is 17.1 Å². The van der Waals surface area contributed by atoms with E-state index < -0.39 is 0 Å². The van der Waals surface area contributed by atoms with Gasteiger partial charge in [0.25, 0.3) is 0 Å². The van der Waals surface area contributed by atoms with E-state index in [2.05, 4.69) is 45.0 Å². The molecule has 17 heavy (non-hydrogen) atoms. The summed E-state index contributed by atoms with van der Waals surface area (Å²) >= 11 is 1.75. The molecule has 3 heteroatoms. The van der Waals surface area contributed by atoms with Gasteiger partial charge in [0.2, 0.25) is 0 Å². The summed E-state index contributed by atoms with van der Waals surface area (Å²) in [7, 11) is 0. The maximum absolute atomic E-state index is 6.14. The molecule has 2 N–H and O–H groups in total. The van der Waals surface area contributed by atoms with Crippen molar-refractivity contribution in [1.82, 2.24) is 4.98 Å². The second-order valence-corrected chi connectivity index (χ2v) is 7.25. The second-order valence-electron chi connectivity index (χ2n) is 6.31. The Kier molecular flexibility index (Phi) is 5.14. The van der Waals surface area contributed by atoms with Crippen LogP contribution in [0, 0.1) is 5.92 Å². The lowest BCUT2D eigenvalue weighted by molar-refractivity contribution is 0.493. The highest BCUT2D eigenvalue weighted by atomic mass is 32.1. The predicted octanol–water partition coefficient (Wildman–Crippen LogP) is 3.75. The highest BCUT2D eigenvalue weighted by molar-refractivity contribution is 7.09. The van der Waals surface area contributed by atoms with E-state index >= 15 is 0 Å². The molecule has 0 spiro atoms. The molecule has 1 heterocycles. The first kappa shape index (κ1) is 14.7. The van der Waals surface area contributed by atoms with Gasteiger partial charge in [0.05, 0.1) is 10.7 Å². The van der Waals surface area contributed by atoms with Gasteiger partial charge in [-0.3, -0.25) is 0 Å². The van der Waals surface area contributed by atoms with Crippen LogP contribution in [-0.2, 0) is 11.8 Å². The normalized spacial score (nSPS) is 14.3. The van der Waals surface area contributed by atoms with Crippen LogP contribution in [0.3, 0.4) is 0 Å². The minimum Gasteiger partial charge on any atom is -0.327 e. The molecule has 0 amide bonds. The van der Waals surface area contributed by atoms with Crippen LogP contribution in [0.4, 0.5) is 0 Å². The van der Waals surface area contributed by atoms with Gasteiger partial charge in [0, 0.05) is 23.3 Å². The van der Waals surface area contributed by atoms with Crippen molar-refractivity contribution < 1.29 is 0 Å². The first-order chi connectivity index (χ1) is 7.79. The molecular formula is C14H26N2S. The molecule has 2 nitrogen and oxygen atoms in total. The molecule has 0 bridgehead atoms. The zero-order chi connectivity index (χ0) is 13.1. The van der Waals surface area contributed by atoms with Crippen molar-refractivity contribution in [2.75, 3.05) is 0 Å². The van der Waals surface area contributed by atoms with E-state index in [1.807, 2.05) is 0 Å². The van der Waals surface area contributed by atoms with Crippen LogP contribution in [0.5, 0.6) is 0 Å². The molecule has 1 rings (SSSR count). The largest absolute Gasteiger partial charge is 0.327 e. The highest BCUT2D eigenvalue weighted by Crippen LogP contribution is 2.24.